The first-order valence-electron chi connectivity index (χ1n) is 6.76. The number of hydrogen-bond acceptors (Lipinski definition) is 3. The molecule has 0 aliphatic rings. The molecular formula is C15H22FNO2. The average Bonchev–Trinajstić information content (AvgIpc) is 2.38. The van der Waals surface area contributed by atoms with Crippen molar-refractivity contribution in [3.8, 4) is 0 Å². The lowest BCUT2D eigenvalue weighted by atomic mass is 10.1. The van der Waals surface area contributed by atoms with Gasteiger partial charge in [0, 0.05) is 12.5 Å². The van der Waals surface area contributed by atoms with Gasteiger partial charge in [0.15, 0.2) is 0 Å². The van der Waals surface area contributed by atoms with Gasteiger partial charge >= 0.3 is 5.97 Å². The molecule has 1 unspecified atom stereocenters. The molecule has 1 rings (SSSR count). The Balaban J connectivity index is 2.20. The van der Waals surface area contributed by atoms with Gasteiger partial charge < -0.3 is 10.1 Å². The largest absolute Gasteiger partial charge is 0.466 e. The molecule has 0 radical (unpaired) electrons. The third-order valence-corrected chi connectivity index (χ3v) is 2.84. The topological polar surface area (TPSA) is 38.3 Å². The van der Waals surface area contributed by atoms with E-state index in [0.29, 0.717) is 25.0 Å². The number of ether oxygens (including phenoxy) is 1. The molecule has 0 aliphatic heterocycles. The molecule has 19 heavy (non-hydrogen) atoms. The normalized spacial score (nSPS) is 12.2. The summed E-state index contributed by atoms with van der Waals surface area (Å²) >= 11 is 0. The van der Waals surface area contributed by atoms with Gasteiger partial charge in [0.1, 0.15) is 5.82 Å². The Morgan fingerprint density at radius 2 is 2.16 bits per heavy atom. The van der Waals surface area contributed by atoms with Crippen LogP contribution in [0.3, 0.4) is 0 Å². The maximum Gasteiger partial charge on any atom is 0.305 e. The third-order valence-electron chi connectivity index (χ3n) is 2.84. The van der Waals surface area contributed by atoms with Crippen LogP contribution in [0.15, 0.2) is 24.3 Å². The molecule has 4 heteroatoms. The number of rotatable bonds is 8. The average molecular weight is 267 g/mol. The van der Waals surface area contributed by atoms with E-state index in [9.17, 15) is 9.18 Å². The van der Waals surface area contributed by atoms with Crippen LogP contribution in [0.5, 0.6) is 0 Å². The lowest BCUT2D eigenvalue weighted by molar-refractivity contribution is -0.143. The summed E-state index contributed by atoms with van der Waals surface area (Å²) in [5.74, 6) is -0.325. The van der Waals surface area contributed by atoms with Crippen LogP contribution in [-0.2, 0) is 16.0 Å². The van der Waals surface area contributed by atoms with E-state index in [1.54, 1.807) is 19.1 Å². The van der Waals surface area contributed by atoms with Gasteiger partial charge in [-0.2, -0.15) is 0 Å². The molecule has 3 nitrogen and oxygen atoms in total. The lowest BCUT2D eigenvalue weighted by Crippen LogP contribution is -2.29. The summed E-state index contributed by atoms with van der Waals surface area (Å²) in [7, 11) is 0. The van der Waals surface area contributed by atoms with Crippen LogP contribution in [0.25, 0.3) is 0 Å². The Morgan fingerprint density at radius 3 is 2.84 bits per heavy atom. The van der Waals surface area contributed by atoms with Gasteiger partial charge in [-0.25, -0.2) is 4.39 Å². The highest BCUT2D eigenvalue weighted by Gasteiger charge is 2.07. The van der Waals surface area contributed by atoms with Gasteiger partial charge in [-0.05, 0) is 44.9 Å². The molecule has 0 fully saturated rings. The van der Waals surface area contributed by atoms with Gasteiger partial charge in [0.25, 0.3) is 0 Å². The zero-order valence-electron chi connectivity index (χ0n) is 11.6. The fourth-order valence-corrected chi connectivity index (χ4v) is 1.88. The predicted molar refractivity (Wildman–Crippen MR) is 73.4 cm³/mol. The lowest BCUT2D eigenvalue weighted by Gasteiger charge is -2.14. The van der Waals surface area contributed by atoms with Gasteiger partial charge in [0.05, 0.1) is 6.61 Å². The fraction of sp³-hybridized carbons (Fsp3) is 0.533. The summed E-state index contributed by atoms with van der Waals surface area (Å²) in [6, 6.07) is 6.98. The molecule has 106 valence electrons. The molecule has 0 heterocycles. The molecule has 0 saturated carbocycles. The minimum absolute atomic E-state index is 0.161. The van der Waals surface area contributed by atoms with Crippen molar-refractivity contribution in [1.29, 1.82) is 0 Å². The van der Waals surface area contributed by atoms with Gasteiger partial charge in [-0.15, -0.1) is 0 Å². The maximum atomic E-state index is 13.4. The SMILES string of the molecule is CCOC(=O)CCCNC(C)Cc1ccccc1F. The third kappa shape index (κ3) is 6.34. The Hall–Kier alpha value is -1.42. The first-order chi connectivity index (χ1) is 9.13. The van der Waals surface area contributed by atoms with Crippen molar-refractivity contribution >= 4 is 5.97 Å². The van der Waals surface area contributed by atoms with Crippen molar-refractivity contribution in [3.05, 3.63) is 35.6 Å². The standard InChI is InChI=1S/C15H22FNO2/c1-3-19-15(18)9-6-10-17-12(2)11-13-7-4-5-8-14(13)16/h4-5,7-8,12,17H,3,6,9-11H2,1-2H3. The Kier molecular flexibility index (Phi) is 7.11. The minimum atomic E-state index is -0.164. The summed E-state index contributed by atoms with van der Waals surface area (Å²) in [6.45, 7) is 4.97. The number of carbonyl (C=O) groups excluding carboxylic acids is 1. The van der Waals surface area contributed by atoms with E-state index in [2.05, 4.69) is 5.32 Å². The van der Waals surface area contributed by atoms with Crippen molar-refractivity contribution in [1.82, 2.24) is 5.32 Å². The first kappa shape index (κ1) is 15.6. The van der Waals surface area contributed by atoms with E-state index in [1.165, 1.54) is 6.07 Å². The van der Waals surface area contributed by atoms with Crippen LogP contribution in [-0.4, -0.2) is 25.2 Å². The van der Waals surface area contributed by atoms with Gasteiger partial charge in [0.2, 0.25) is 0 Å². The quantitative estimate of drug-likeness (QED) is 0.581. The van der Waals surface area contributed by atoms with Crippen molar-refractivity contribution in [2.45, 2.75) is 39.2 Å². The van der Waals surface area contributed by atoms with E-state index >= 15 is 0 Å². The summed E-state index contributed by atoms with van der Waals surface area (Å²) < 4.78 is 18.3. The second-order valence-electron chi connectivity index (χ2n) is 4.56. The highest BCUT2D eigenvalue weighted by molar-refractivity contribution is 5.69. The number of benzene rings is 1. The number of halogens is 1. The molecule has 0 aliphatic carbocycles. The van der Waals surface area contributed by atoms with Gasteiger partial charge in [-0.3, -0.25) is 4.79 Å². The number of hydrogen-bond donors (Lipinski definition) is 1. The van der Waals surface area contributed by atoms with Crippen LogP contribution in [0.2, 0.25) is 0 Å². The highest BCUT2D eigenvalue weighted by atomic mass is 19.1. The van der Waals surface area contributed by atoms with Crippen molar-refractivity contribution < 1.29 is 13.9 Å². The Labute approximate surface area is 114 Å². The van der Waals surface area contributed by atoms with Crippen molar-refractivity contribution in [2.75, 3.05) is 13.2 Å². The van der Waals surface area contributed by atoms with Crippen molar-refractivity contribution in [2.24, 2.45) is 0 Å². The number of nitrogens with one attached hydrogen (secondary N) is 1. The van der Waals surface area contributed by atoms with Crippen LogP contribution >= 0.6 is 0 Å². The zero-order valence-corrected chi connectivity index (χ0v) is 11.6. The van der Waals surface area contributed by atoms with Crippen molar-refractivity contribution in [3.63, 3.8) is 0 Å². The number of esters is 1. The summed E-state index contributed by atoms with van der Waals surface area (Å²) in [5, 5.41) is 3.28. The second-order valence-corrected chi connectivity index (χ2v) is 4.56. The van der Waals surface area contributed by atoms with Crippen LogP contribution < -0.4 is 5.32 Å². The molecule has 0 aromatic heterocycles. The predicted octanol–water partition coefficient (Wildman–Crippen LogP) is 2.69. The molecular weight excluding hydrogens is 245 g/mol. The van der Waals surface area contributed by atoms with Crippen LogP contribution in [0.4, 0.5) is 4.39 Å². The van der Waals surface area contributed by atoms with E-state index in [4.69, 9.17) is 4.74 Å². The molecule has 1 N–H and O–H groups in total. The number of carbonyl (C=O) groups is 1. The highest BCUT2D eigenvalue weighted by Crippen LogP contribution is 2.08. The molecule has 1 aromatic rings. The smallest absolute Gasteiger partial charge is 0.305 e. The van der Waals surface area contributed by atoms with E-state index in [0.717, 1.165) is 13.0 Å². The fourth-order valence-electron chi connectivity index (χ4n) is 1.88. The molecule has 0 amide bonds. The Morgan fingerprint density at radius 1 is 1.42 bits per heavy atom. The molecule has 0 bridgehead atoms. The monoisotopic (exact) mass is 267 g/mol. The summed E-state index contributed by atoms with van der Waals surface area (Å²) in [5.41, 5.74) is 0.716. The first-order valence-corrected chi connectivity index (χ1v) is 6.76. The Bertz CT molecular complexity index is 395. The zero-order chi connectivity index (χ0) is 14.1. The van der Waals surface area contributed by atoms with E-state index < -0.39 is 0 Å². The van der Waals surface area contributed by atoms with Crippen LogP contribution in [0.1, 0.15) is 32.3 Å². The summed E-state index contributed by atoms with van der Waals surface area (Å²) in [6.07, 6.45) is 1.81. The molecule has 1 atom stereocenters. The second kappa shape index (κ2) is 8.64. The van der Waals surface area contributed by atoms with E-state index in [1.807, 2.05) is 13.0 Å². The van der Waals surface area contributed by atoms with E-state index in [-0.39, 0.29) is 17.8 Å². The van der Waals surface area contributed by atoms with Gasteiger partial charge in [-0.1, -0.05) is 18.2 Å². The molecule has 0 spiro atoms. The molecule has 0 saturated heterocycles. The maximum absolute atomic E-state index is 13.4. The minimum Gasteiger partial charge on any atom is -0.466 e. The molecule has 1 aromatic carbocycles. The summed E-state index contributed by atoms with van der Waals surface area (Å²) in [4.78, 5) is 11.1. The van der Waals surface area contributed by atoms with Crippen LogP contribution in [0, 0.1) is 5.82 Å².